The van der Waals surface area contributed by atoms with Gasteiger partial charge in [-0.15, -0.1) is 0 Å². The van der Waals surface area contributed by atoms with E-state index >= 15 is 0 Å². The minimum Gasteiger partial charge on any atom is -0.493 e. The molecule has 0 amide bonds. The lowest BCUT2D eigenvalue weighted by Gasteiger charge is -2.47. The molecule has 4 nitrogen and oxygen atoms in total. The Kier molecular flexibility index (Phi) is 1.41. The molecule has 0 spiro atoms. The molecule has 3 unspecified atom stereocenters. The maximum Gasteiger partial charge on any atom is 0.161 e. The molecule has 0 saturated carbocycles. The summed E-state index contributed by atoms with van der Waals surface area (Å²) in [4.78, 5) is -0.318. The molecular weight excluding hydrogens is 302 g/mol. The lowest BCUT2D eigenvalue weighted by atomic mass is 9.75. The third kappa shape index (κ3) is 3.40. The SMILES string of the molecule is [2H]C([2H])([2H])Oc1cc2c(cc1OC)C([2H])([2H])C([2H])([2H])N1C2C([2H])([2H])C([2H])(O)C([2H])(C([2H])([2H])C(C)(C([2H])([2H])[2H])C([2H])([2H])[2H])C1([2H])[2H]. The van der Waals surface area contributed by atoms with Crippen molar-refractivity contribution in [2.75, 3.05) is 27.1 Å². The molecule has 1 saturated heterocycles. The Bertz CT molecular complexity index is 1330. The van der Waals surface area contributed by atoms with Gasteiger partial charge >= 0.3 is 0 Å². The Morgan fingerprint density at radius 3 is 2.96 bits per heavy atom. The highest BCUT2D eigenvalue weighted by molar-refractivity contribution is 5.49. The summed E-state index contributed by atoms with van der Waals surface area (Å²) >= 11 is 0. The maximum atomic E-state index is 11.6. The molecule has 0 aliphatic carbocycles. The lowest BCUT2D eigenvalue weighted by Crippen LogP contribution is -2.48. The standard InChI is InChI=1S/C20H31NO3/c1-20(2,3)11-14-12-21-7-6-13-8-18(23-4)19(24-5)9-15(13)16(21)10-17(14)22/h8-9,14,16-17,22H,6-7,10-12H2,1-5H3/i1D3,2D3,5D3,6D2,7D2,10D2,11D2,12D2,14D,17D. The largest absolute Gasteiger partial charge is 0.493 e. The van der Waals surface area contributed by atoms with Gasteiger partial charge in [0.1, 0.15) is 0 Å². The summed E-state index contributed by atoms with van der Waals surface area (Å²) in [6.45, 7) is -15.7. The molecule has 1 N–H and O–H groups in total. The van der Waals surface area contributed by atoms with E-state index in [2.05, 4.69) is 0 Å². The predicted molar refractivity (Wildman–Crippen MR) is 95.7 cm³/mol. The van der Waals surface area contributed by atoms with E-state index in [0.29, 0.717) is 6.07 Å². The van der Waals surface area contributed by atoms with Crippen molar-refractivity contribution in [2.45, 2.75) is 51.9 Å². The highest BCUT2D eigenvalue weighted by atomic mass is 16.5. The van der Waals surface area contributed by atoms with Crippen LogP contribution in [0.15, 0.2) is 12.1 Å². The van der Waals surface area contributed by atoms with Crippen LogP contribution in [-0.4, -0.2) is 43.2 Å². The number of rotatable bonds is 3. The number of aliphatic hydroxyl groups is 1. The lowest BCUT2D eigenvalue weighted by molar-refractivity contribution is -0.0259. The van der Waals surface area contributed by atoms with Crippen LogP contribution < -0.4 is 9.47 Å². The molecule has 1 aromatic rings. The number of aryl methyl sites for hydroxylation is 1. The number of hydrogen-bond donors (Lipinski definition) is 1. The van der Waals surface area contributed by atoms with Gasteiger partial charge in [-0.3, -0.25) is 4.90 Å². The number of fused-ring (bicyclic) bond motifs is 3. The Balaban J connectivity index is 2.59. The third-order valence-corrected chi connectivity index (χ3v) is 3.43. The summed E-state index contributed by atoms with van der Waals surface area (Å²) in [7, 11) is -2.18. The summed E-state index contributed by atoms with van der Waals surface area (Å²) < 4.78 is 185. The van der Waals surface area contributed by atoms with Gasteiger partial charge in [0.25, 0.3) is 0 Å². The first-order valence-electron chi connectivity index (χ1n) is 17.4. The highest BCUT2D eigenvalue weighted by Crippen LogP contribution is 2.44. The van der Waals surface area contributed by atoms with Crippen molar-refractivity contribution in [3.05, 3.63) is 23.3 Å². The summed E-state index contributed by atoms with van der Waals surface area (Å²) in [5, 5.41) is 11.6. The second-order valence-corrected chi connectivity index (χ2v) is 5.43. The zero-order chi connectivity index (χ0) is 35.8. The van der Waals surface area contributed by atoms with Crippen molar-refractivity contribution in [1.29, 1.82) is 0 Å². The average Bonchev–Trinajstić information content (AvgIpc) is 2.80. The normalized spacial score (nSPS) is 57.0. The van der Waals surface area contributed by atoms with E-state index < -0.39 is 98.9 Å². The van der Waals surface area contributed by atoms with Gasteiger partial charge in [0, 0.05) is 42.3 Å². The first kappa shape index (κ1) is 5.14. The first-order valence-corrected chi connectivity index (χ1v) is 6.93. The van der Waals surface area contributed by atoms with E-state index in [9.17, 15) is 5.11 Å². The van der Waals surface area contributed by atoms with Crippen LogP contribution in [0.3, 0.4) is 0 Å². The van der Waals surface area contributed by atoms with Gasteiger partial charge in [-0.25, -0.2) is 0 Å². The number of hydrogen-bond acceptors (Lipinski definition) is 4. The summed E-state index contributed by atoms with van der Waals surface area (Å²) in [6, 6.07) is -1.28. The van der Waals surface area contributed by atoms with Crippen molar-refractivity contribution in [3.63, 3.8) is 0 Å². The molecule has 2 aliphatic heterocycles. The molecular formula is C20H31NO3. The van der Waals surface area contributed by atoms with Crippen LogP contribution in [0.25, 0.3) is 0 Å². The van der Waals surface area contributed by atoms with E-state index in [1.165, 1.54) is 0 Å². The van der Waals surface area contributed by atoms with Crippen LogP contribution in [0, 0.1) is 11.3 Å². The van der Waals surface area contributed by atoms with Crippen molar-refractivity contribution in [2.24, 2.45) is 11.3 Å². The van der Waals surface area contributed by atoms with Gasteiger partial charge in [-0.1, -0.05) is 20.6 Å². The van der Waals surface area contributed by atoms with Crippen LogP contribution in [0.5, 0.6) is 11.5 Å². The number of piperidine rings is 1. The molecule has 134 valence electrons. The molecule has 0 aromatic heterocycles. The highest BCUT2D eigenvalue weighted by Gasteiger charge is 2.39. The molecule has 0 bridgehead atoms. The summed E-state index contributed by atoms with van der Waals surface area (Å²) in [5.74, 6) is -5.78. The van der Waals surface area contributed by atoms with Gasteiger partial charge in [0.15, 0.2) is 11.5 Å². The number of nitrogens with zero attached hydrogens (tertiary/aromatic N) is 1. The van der Waals surface area contributed by atoms with E-state index in [1.54, 1.807) is 0 Å². The summed E-state index contributed by atoms with van der Waals surface area (Å²) in [6.07, 6.45) is -16.3. The Morgan fingerprint density at radius 1 is 1.46 bits per heavy atom. The van der Waals surface area contributed by atoms with Gasteiger partial charge in [-0.05, 0) is 53.7 Å². The van der Waals surface area contributed by atoms with Crippen molar-refractivity contribution < 1.29 is 43.4 Å². The summed E-state index contributed by atoms with van der Waals surface area (Å²) in [5.41, 5.74) is -5.41. The third-order valence-electron chi connectivity index (χ3n) is 3.43. The van der Waals surface area contributed by atoms with Crippen LogP contribution >= 0.6 is 0 Å². The molecule has 4 heteroatoms. The molecule has 0 radical (unpaired) electrons. The molecule has 24 heavy (non-hydrogen) atoms. The number of benzene rings is 1. The zero-order valence-electron chi connectivity index (χ0n) is 33.9. The van der Waals surface area contributed by atoms with Crippen LogP contribution in [-0.2, 0) is 6.37 Å². The number of ether oxygens (including phenoxy) is 2. The van der Waals surface area contributed by atoms with Crippen molar-refractivity contribution in [3.8, 4) is 11.5 Å². The van der Waals surface area contributed by atoms with E-state index in [0.717, 1.165) is 13.2 Å². The molecule has 2 heterocycles. The van der Waals surface area contributed by atoms with Crippen LogP contribution in [0.4, 0.5) is 0 Å². The Hall–Kier alpha value is -1.26. The zero-order valence-corrected chi connectivity index (χ0v) is 12.9. The second kappa shape index (κ2) is 6.57. The van der Waals surface area contributed by atoms with Gasteiger partial charge < -0.3 is 14.6 Å². The number of methoxy groups -OCH3 is 2. The fourth-order valence-corrected chi connectivity index (χ4v) is 2.42. The van der Waals surface area contributed by atoms with Gasteiger partial charge in [-0.2, -0.15) is 0 Å². The molecule has 3 rings (SSSR count). The smallest absolute Gasteiger partial charge is 0.161 e. The minimum atomic E-state index is -4.57. The predicted octanol–water partition coefficient (Wildman–Crippen LogP) is 3.42. The van der Waals surface area contributed by atoms with Crippen LogP contribution in [0.1, 0.15) is 79.3 Å². The maximum absolute atomic E-state index is 11.6. The van der Waals surface area contributed by atoms with E-state index in [-0.39, 0.29) is 11.8 Å². The molecule has 3 atom stereocenters. The monoisotopic (exact) mass is 354 g/mol. The van der Waals surface area contributed by atoms with E-state index in [4.69, 9.17) is 38.3 Å². The topological polar surface area (TPSA) is 41.9 Å². The Labute approximate surface area is 175 Å². The quantitative estimate of drug-likeness (QED) is 0.903. The molecule has 2 aliphatic rings. The van der Waals surface area contributed by atoms with E-state index in [1.807, 2.05) is 0 Å². The van der Waals surface area contributed by atoms with Crippen molar-refractivity contribution >= 4 is 0 Å². The fourth-order valence-electron chi connectivity index (χ4n) is 2.42. The van der Waals surface area contributed by atoms with Gasteiger partial charge in [0.05, 0.1) is 25.7 Å². The second-order valence-electron chi connectivity index (χ2n) is 5.43. The molecule has 1 fully saturated rings. The van der Waals surface area contributed by atoms with Gasteiger partial charge in [0.2, 0.25) is 0 Å². The Morgan fingerprint density at radius 2 is 2.25 bits per heavy atom. The minimum absolute atomic E-state index is 0.279. The average molecular weight is 355 g/mol. The van der Waals surface area contributed by atoms with Crippen molar-refractivity contribution in [1.82, 2.24) is 4.90 Å². The first-order chi connectivity index (χ1) is 19.5. The molecule has 1 aromatic carbocycles. The van der Waals surface area contributed by atoms with Crippen LogP contribution in [0.2, 0.25) is 0 Å². The fraction of sp³-hybridized carbons (Fsp3) is 0.700.